The fourth-order valence-electron chi connectivity index (χ4n) is 2.48. The Bertz CT molecular complexity index is 206. The third kappa shape index (κ3) is 3.11. The number of piperidine rings is 1. The molecule has 2 aliphatic rings. The van der Waals surface area contributed by atoms with Crippen molar-refractivity contribution < 1.29 is 9.53 Å². The highest BCUT2D eigenvalue weighted by atomic mass is 16.6. The van der Waals surface area contributed by atoms with Crippen LogP contribution in [0.5, 0.6) is 0 Å². The molecule has 3 heteroatoms. The van der Waals surface area contributed by atoms with Gasteiger partial charge in [0.15, 0.2) is 0 Å². The largest absolute Gasteiger partial charge is 0.446 e. The molecule has 1 saturated heterocycles. The Hall–Kier alpha value is -0.730. The zero-order valence-electron chi connectivity index (χ0n) is 9.41. The number of ether oxygens (including phenoxy) is 1. The molecule has 1 saturated carbocycles. The van der Waals surface area contributed by atoms with Crippen LogP contribution in [-0.4, -0.2) is 30.2 Å². The molecular formula is C12H21NO2. The molecule has 0 radical (unpaired) electrons. The van der Waals surface area contributed by atoms with E-state index in [4.69, 9.17) is 4.74 Å². The third-order valence-corrected chi connectivity index (χ3v) is 3.43. The van der Waals surface area contributed by atoms with Crippen molar-refractivity contribution in [1.82, 2.24) is 4.90 Å². The minimum absolute atomic E-state index is 0.0680. The quantitative estimate of drug-likeness (QED) is 0.667. The van der Waals surface area contributed by atoms with Gasteiger partial charge in [0.1, 0.15) is 6.10 Å². The van der Waals surface area contributed by atoms with Gasteiger partial charge >= 0.3 is 6.09 Å². The molecule has 0 aromatic carbocycles. The second-order valence-corrected chi connectivity index (χ2v) is 4.69. The first kappa shape index (κ1) is 10.8. The number of rotatable bonds is 1. The van der Waals surface area contributed by atoms with Crippen LogP contribution < -0.4 is 0 Å². The van der Waals surface area contributed by atoms with E-state index in [1.165, 1.54) is 25.7 Å². The van der Waals surface area contributed by atoms with E-state index in [1.54, 1.807) is 0 Å². The van der Waals surface area contributed by atoms with Gasteiger partial charge in [0, 0.05) is 13.1 Å². The molecule has 1 amide bonds. The molecule has 86 valence electrons. The van der Waals surface area contributed by atoms with E-state index in [2.05, 4.69) is 0 Å². The van der Waals surface area contributed by atoms with Crippen molar-refractivity contribution in [3.63, 3.8) is 0 Å². The number of carbonyl (C=O) groups excluding carboxylic acids is 1. The molecule has 0 aromatic rings. The summed E-state index contributed by atoms with van der Waals surface area (Å²) in [5.41, 5.74) is 0. The molecular weight excluding hydrogens is 190 g/mol. The molecule has 15 heavy (non-hydrogen) atoms. The Labute approximate surface area is 91.8 Å². The molecule has 1 aliphatic heterocycles. The Morgan fingerprint density at radius 1 is 0.933 bits per heavy atom. The summed E-state index contributed by atoms with van der Waals surface area (Å²) in [6, 6.07) is 0. The van der Waals surface area contributed by atoms with Gasteiger partial charge in [0.05, 0.1) is 0 Å². The molecule has 0 atom stereocenters. The molecule has 0 spiro atoms. The first-order valence-electron chi connectivity index (χ1n) is 6.32. The van der Waals surface area contributed by atoms with Crippen LogP contribution in [-0.2, 0) is 4.74 Å². The predicted molar refractivity (Wildman–Crippen MR) is 58.8 cm³/mol. The molecule has 2 fully saturated rings. The fourth-order valence-corrected chi connectivity index (χ4v) is 2.48. The maximum absolute atomic E-state index is 11.8. The van der Waals surface area contributed by atoms with Crippen molar-refractivity contribution in [2.45, 2.75) is 57.5 Å². The topological polar surface area (TPSA) is 29.5 Å². The summed E-state index contributed by atoms with van der Waals surface area (Å²) >= 11 is 0. The van der Waals surface area contributed by atoms with Crippen molar-refractivity contribution in [2.75, 3.05) is 13.1 Å². The molecule has 3 nitrogen and oxygen atoms in total. The van der Waals surface area contributed by atoms with E-state index in [0.717, 1.165) is 38.8 Å². The monoisotopic (exact) mass is 211 g/mol. The van der Waals surface area contributed by atoms with Crippen LogP contribution in [0.1, 0.15) is 51.4 Å². The van der Waals surface area contributed by atoms with Gasteiger partial charge in [-0.05, 0) is 44.9 Å². The molecule has 0 unspecified atom stereocenters. The zero-order chi connectivity index (χ0) is 10.5. The summed E-state index contributed by atoms with van der Waals surface area (Å²) in [4.78, 5) is 13.6. The normalized spacial score (nSPS) is 23.9. The van der Waals surface area contributed by atoms with Crippen LogP contribution in [0.15, 0.2) is 0 Å². The maximum Gasteiger partial charge on any atom is 0.410 e. The lowest BCUT2D eigenvalue weighted by molar-refractivity contribution is 0.0418. The van der Waals surface area contributed by atoms with Crippen molar-refractivity contribution in [3.05, 3.63) is 0 Å². The van der Waals surface area contributed by atoms with Crippen molar-refractivity contribution in [2.24, 2.45) is 0 Å². The number of amides is 1. The summed E-state index contributed by atoms with van der Waals surface area (Å²) < 4.78 is 5.52. The minimum Gasteiger partial charge on any atom is -0.446 e. The zero-order valence-corrected chi connectivity index (χ0v) is 9.41. The van der Waals surface area contributed by atoms with Gasteiger partial charge in [-0.2, -0.15) is 0 Å². The van der Waals surface area contributed by atoms with E-state index < -0.39 is 0 Å². The Kier molecular flexibility index (Phi) is 3.87. The number of nitrogens with zero attached hydrogens (tertiary/aromatic N) is 1. The van der Waals surface area contributed by atoms with Gasteiger partial charge < -0.3 is 9.64 Å². The van der Waals surface area contributed by atoms with Crippen LogP contribution in [0.25, 0.3) is 0 Å². The highest BCUT2D eigenvalue weighted by Gasteiger charge is 2.22. The molecule has 0 aromatic heterocycles. The van der Waals surface area contributed by atoms with E-state index in [0.29, 0.717) is 0 Å². The van der Waals surface area contributed by atoms with E-state index in [9.17, 15) is 4.79 Å². The summed E-state index contributed by atoms with van der Waals surface area (Å²) in [5.74, 6) is 0. The number of likely N-dealkylation sites (tertiary alicyclic amines) is 1. The average molecular weight is 211 g/mol. The Morgan fingerprint density at radius 3 is 2.20 bits per heavy atom. The Balaban J connectivity index is 1.74. The molecule has 0 bridgehead atoms. The van der Waals surface area contributed by atoms with Crippen LogP contribution in [0.3, 0.4) is 0 Å². The van der Waals surface area contributed by atoms with Gasteiger partial charge in [-0.3, -0.25) is 0 Å². The van der Waals surface area contributed by atoms with E-state index in [1.807, 2.05) is 4.90 Å². The third-order valence-electron chi connectivity index (χ3n) is 3.43. The van der Waals surface area contributed by atoms with Crippen molar-refractivity contribution in [1.29, 1.82) is 0 Å². The van der Waals surface area contributed by atoms with E-state index in [-0.39, 0.29) is 12.2 Å². The second kappa shape index (κ2) is 5.38. The second-order valence-electron chi connectivity index (χ2n) is 4.69. The first-order chi connectivity index (χ1) is 7.36. The smallest absolute Gasteiger partial charge is 0.410 e. The van der Waals surface area contributed by atoms with Gasteiger partial charge in [0.25, 0.3) is 0 Å². The maximum atomic E-state index is 11.8. The van der Waals surface area contributed by atoms with Crippen molar-refractivity contribution in [3.8, 4) is 0 Å². The van der Waals surface area contributed by atoms with Gasteiger partial charge in [0.2, 0.25) is 0 Å². The predicted octanol–water partition coefficient (Wildman–Crippen LogP) is 2.94. The molecule has 1 aliphatic carbocycles. The van der Waals surface area contributed by atoms with Crippen LogP contribution >= 0.6 is 0 Å². The fraction of sp³-hybridized carbons (Fsp3) is 0.917. The lowest BCUT2D eigenvalue weighted by atomic mass is 9.98. The molecule has 2 rings (SSSR count). The van der Waals surface area contributed by atoms with Crippen LogP contribution in [0.2, 0.25) is 0 Å². The molecule has 1 heterocycles. The number of carbonyl (C=O) groups is 1. The molecule has 0 N–H and O–H groups in total. The van der Waals surface area contributed by atoms with Crippen LogP contribution in [0.4, 0.5) is 4.79 Å². The number of hydrogen-bond donors (Lipinski definition) is 0. The SMILES string of the molecule is O=C(OC1CCCCC1)N1CCCCC1. The first-order valence-corrected chi connectivity index (χ1v) is 6.32. The Morgan fingerprint density at radius 2 is 1.53 bits per heavy atom. The lowest BCUT2D eigenvalue weighted by Gasteiger charge is -2.29. The van der Waals surface area contributed by atoms with Gasteiger partial charge in [-0.1, -0.05) is 6.42 Å². The van der Waals surface area contributed by atoms with E-state index >= 15 is 0 Å². The summed E-state index contributed by atoms with van der Waals surface area (Å²) in [7, 11) is 0. The highest BCUT2D eigenvalue weighted by molar-refractivity contribution is 5.67. The minimum atomic E-state index is -0.0680. The standard InChI is InChI=1S/C12H21NO2/c14-12(13-9-5-2-6-10-13)15-11-7-3-1-4-8-11/h11H,1-10H2. The lowest BCUT2D eigenvalue weighted by Crippen LogP contribution is -2.38. The van der Waals surface area contributed by atoms with Crippen LogP contribution in [0, 0.1) is 0 Å². The number of hydrogen-bond acceptors (Lipinski definition) is 2. The van der Waals surface area contributed by atoms with Gasteiger partial charge in [-0.25, -0.2) is 4.79 Å². The van der Waals surface area contributed by atoms with Gasteiger partial charge in [-0.15, -0.1) is 0 Å². The van der Waals surface area contributed by atoms with Crippen molar-refractivity contribution >= 4 is 6.09 Å². The summed E-state index contributed by atoms with van der Waals surface area (Å²) in [6.45, 7) is 1.79. The summed E-state index contributed by atoms with van der Waals surface area (Å²) in [6.07, 6.45) is 9.55. The average Bonchev–Trinajstić information content (AvgIpc) is 2.31. The highest BCUT2D eigenvalue weighted by Crippen LogP contribution is 2.21. The summed E-state index contributed by atoms with van der Waals surface area (Å²) in [5, 5.41) is 0.